The molecular formula is C21H30O. The van der Waals surface area contributed by atoms with Gasteiger partial charge in [0.05, 0.1) is 0 Å². The highest BCUT2D eigenvalue weighted by Crippen LogP contribution is 2.51. The first-order valence-electron chi connectivity index (χ1n) is 8.73. The summed E-state index contributed by atoms with van der Waals surface area (Å²) in [5.41, 5.74) is 4.48. The van der Waals surface area contributed by atoms with Crippen LogP contribution in [-0.4, -0.2) is 5.60 Å². The van der Waals surface area contributed by atoms with Crippen LogP contribution in [0.5, 0.6) is 5.75 Å². The maximum Gasteiger partial charge on any atom is 0.123 e. The van der Waals surface area contributed by atoms with Crippen molar-refractivity contribution >= 4 is 0 Å². The topological polar surface area (TPSA) is 9.23 Å². The van der Waals surface area contributed by atoms with Crippen LogP contribution in [0.25, 0.3) is 0 Å². The van der Waals surface area contributed by atoms with Crippen LogP contribution in [0, 0.1) is 5.92 Å². The van der Waals surface area contributed by atoms with Gasteiger partial charge in [-0.3, -0.25) is 0 Å². The van der Waals surface area contributed by atoms with Gasteiger partial charge in [0.1, 0.15) is 11.4 Å². The van der Waals surface area contributed by atoms with Crippen molar-refractivity contribution in [2.75, 3.05) is 0 Å². The molecule has 0 saturated carbocycles. The number of rotatable bonds is 2. The fourth-order valence-electron chi connectivity index (χ4n) is 4.07. The summed E-state index contributed by atoms with van der Waals surface area (Å²) < 4.78 is 6.48. The van der Waals surface area contributed by atoms with Gasteiger partial charge < -0.3 is 4.74 Å². The monoisotopic (exact) mass is 298 g/mol. The predicted octanol–water partition coefficient (Wildman–Crippen LogP) is 5.99. The number of ether oxygens (including phenoxy) is 1. The zero-order valence-corrected chi connectivity index (χ0v) is 15.0. The lowest BCUT2D eigenvalue weighted by Gasteiger charge is -2.47. The van der Waals surface area contributed by atoms with E-state index in [4.69, 9.17) is 4.74 Å². The molecule has 1 aliphatic heterocycles. The van der Waals surface area contributed by atoms with Crippen LogP contribution >= 0.6 is 0 Å². The fourth-order valence-corrected chi connectivity index (χ4v) is 4.07. The maximum atomic E-state index is 6.48. The second-order valence-electron chi connectivity index (χ2n) is 8.40. The molecule has 22 heavy (non-hydrogen) atoms. The van der Waals surface area contributed by atoms with E-state index < -0.39 is 0 Å². The number of hydrogen-bond donors (Lipinski definition) is 0. The van der Waals surface area contributed by atoms with Crippen LogP contribution < -0.4 is 4.74 Å². The molecule has 0 fully saturated rings. The van der Waals surface area contributed by atoms with Crippen molar-refractivity contribution in [3.8, 4) is 5.75 Å². The van der Waals surface area contributed by atoms with Gasteiger partial charge >= 0.3 is 0 Å². The zero-order valence-electron chi connectivity index (χ0n) is 15.0. The summed E-state index contributed by atoms with van der Waals surface area (Å²) in [5, 5.41) is 0. The Morgan fingerprint density at radius 3 is 2.68 bits per heavy atom. The summed E-state index contributed by atoms with van der Waals surface area (Å²) >= 11 is 0. The lowest BCUT2D eigenvalue weighted by Crippen LogP contribution is -2.45. The third-order valence-electron chi connectivity index (χ3n) is 6.09. The molecule has 0 amide bonds. The number of benzene rings is 1. The standard InChI is InChI=1S/C21H30O/c1-7-20(3,4)15-9-10-16-17-12-14(2)8-11-18(17)21(5,6)22-19(16)13-15/h8-10,13,17-18H,7,11-12H2,1-6H3. The van der Waals surface area contributed by atoms with Crippen LogP contribution in [0.2, 0.25) is 0 Å². The van der Waals surface area contributed by atoms with Gasteiger partial charge in [-0.2, -0.15) is 0 Å². The lowest BCUT2D eigenvalue weighted by atomic mass is 9.67. The highest BCUT2D eigenvalue weighted by Gasteiger charge is 2.44. The normalized spacial score (nSPS) is 26.5. The van der Waals surface area contributed by atoms with Gasteiger partial charge in [-0.1, -0.05) is 44.6 Å². The number of allylic oxidation sites excluding steroid dienone is 2. The van der Waals surface area contributed by atoms with Crippen molar-refractivity contribution in [1.82, 2.24) is 0 Å². The Labute approximate surface area is 135 Å². The third kappa shape index (κ3) is 2.49. The molecule has 1 aromatic rings. The summed E-state index contributed by atoms with van der Waals surface area (Å²) in [5.74, 6) is 2.33. The van der Waals surface area contributed by atoms with Crippen molar-refractivity contribution in [2.45, 2.75) is 77.7 Å². The molecule has 0 aromatic heterocycles. The van der Waals surface area contributed by atoms with E-state index in [0.717, 1.165) is 18.6 Å². The molecule has 120 valence electrons. The average molecular weight is 298 g/mol. The van der Waals surface area contributed by atoms with E-state index in [9.17, 15) is 0 Å². The third-order valence-corrected chi connectivity index (χ3v) is 6.09. The first-order chi connectivity index (χ1) is 10.2. The summed E-state index contributed by atoms with van der Waals surface area (Å²) in [6.07, 6.45) is 5.88. The van der Waals surface area contributed by atoms with Crippen molar-refractivity contribution < 1.29 is 4.74 Å². The second-order valence-corrected chi connectivity index (χ2v) is 8.40. The van der Waals surface area contributed by atoms with Gasteiger partial charge in [-0.25, -0.2) is 0 Å². The van der Waals surface area contributed by atoms with Gasteiger partial charge in [0.25, 0.3) is 0 Å². The molecule has 0 radical (unpaired) electrons. The Bertz CT molecular complexity index is 606. The van der Waals surface area contributed by atoms with E-state index in [1.165, 1.54) is 23.1 Å². The molecule has 1 heterocycles. The Kier molecular flexibility index (Phi) is 3.66. The van der Waals surface area contributed by atoms with Crippen LogP contribution in [0.3, 0.4) is 0 Å². The maximum absolute atomic E-state index is 6.48. The van der Waals surface area contributed by atoms with Crippen LogP contribution in [0.1, 0.15) is 77.8 Å². The van der Waals surface area contributed by atoms with Crippen LogP contribution in [0.15, 0.2) is 29.8 Å². The quantitative estimate of drug-likeness (QED) is 0.610. The Hall–Kier alpha value is -1.24. The Morgan fingerprint density at radius 2 is 2.00 bits per heavy atom. The fraction of sp³-hybridized carbons (Fsp3) is 0.619. The molecule has 1 nitrogen and oxygen atoms in total. The zero-order chi connectivity index (χ0) is 16.1. The van der Waals surface area contributed by atoms with E-state index in [0.29, 0.717) is 11.8 Å². The minimum absolute atomic E-state index is 0.0795. The largest absolute Gasteiger partial charge is 0.487 e. The lowest BCUT2D eigenvalue weighted by molar-refractivity contribution is 0.00838. The second kappa shape index (κ2) is 5.15. The first-order valence-corrected chi connectivity index (χ1v) is 8.73. The summed E-state index contributed by atoms with van der Waals surface area (Å²) in [4.78, 5) is 0. The van der Waals surface area contributed by atoms with E-state index in [2.05, 4.69) is 65.8 Å². The smallest absolute Gasteiger partial charge is 0.123 e. The molecule has 0 N–H and O–H groups in total. The van der Waals surface area contributed by atoms with Crippen LogP contribution in [0.4, 0.5) is 0 Å². The number of fused-ring (bicyclic) bond motifs is 3. The molecule has 1 aromatic carbocycles. The highest BCUT2D eigenvalue weighted by molar-refractivity contribution is 5.46. The van der Waals surface area contributed by atoms with Gasteiger partial charge in [-0.15, -0.1) is 0 Å². The highest BCUT2D eigenvalue weighted by atomic mass is 16.5. The first kappa shape index (κ1) is 15.6. The van der Waals surface area contributed by atoms with Gasteiger partial charge in [0.15, 0.2) is 0 Å². The molecule has 0 bridgehead atoms. The summed E-state index contributed by atoms with van der Waals surface area (Å²) in [6.45, 7) is 13.7. The molecule has 1 heteroatoms. The van der Waals surface area contributed by atoms with Crippen LogP contribution in [-0.2, 0) is 5.41 Å². The van der Waals surface area contributed by atoms with Crippen molar-refractivity contribution in [3.05, 3.63) is 41.0 Å². The van der Waals surface area contributed by atoms with Gasteiger partial charge in [-0.05, 0) is 68.6 Å². The Morgan fingerprint density at radius 1 is 1.27 bits per heavy atom. The Balaban J connectivity index is 2.06. The van der Waals surface area contributed by atoms with E-state index >= 15 is 0 Å². The summed E-state index contributed by atoms with van der Waals surface area (Å²) in [6, 6.07) is 6.98. The minimum Gasteiger partial charge on any atom is -0.487 e. The molecule has 3 rings (SSSR count). The van der Waals surface area contributed by atoms with E-state index in [1.807, 2.05) is 0 Å². The molecule has 2 unspecified atom stereocenters. The van der Waals surface area contributed by atoms with Crippen molar-refractivity contribution in [2.24, 2.45) is 5.92 Å². The van der Waals surface area contributed by atoms with Gasteiger partial charge in [0, 0.05) is 5.92 Å². The minimum atomic E-state index is -0.0795. The van der Waals surface area contributed by atoms with Gasteiger partial charge in [0.2, 0.25) is 0 Å². The number of hydrogen-bond acceptors (Lipinski definition) is 1. The molecule has 2 aliphatic rings. The molecule has 0 saturated heterocycles. The summed E-state index contributed by atoms with van der Waals surface area (Å²) in [7, 11) is 0. The predicted molar refractivity (Wildman–Crippen MR) is 93.7 cm³/mol. The van der Waals surface area contributed by atoms with Crippen molar-refractivity contribution in [1.29, 1.82) is 0 Å². The molecule has 2 atom stereocenters. The molecule has 1 aliphatic carbocycles. The SMILES string of the molecule is CCC(C)(C)c1ccc2c(c1)OC(C)(C)C1CC=C(C)CC21. The average Bonchev–Trinajstić information content (AvgIpc) is 2.45. The van der Waals surface area contributed by atoms with E-state index in [1.54, 1.807) is 0 Å². The molecular weight excluding hydrogens is 268 g/mol. The molecule has 0 spiro atoms. The van der Waals surface area contributed by atoms with Crippen molar-refractivity contribution in [3.63, 3.8) is 0 Å². The van der Waals surface area contributed by atoms with E-state index in [-0.39, 0.29) is 11.0 Å².